The van der Waals surface area contributed by atoms with Gasteiger partial charge in [0.15, 0.2) is 5.76 Å². The Morgan fingerprint density at radius 2 is 1.85 bits per heavy atom. The van der Waals surface area contributed by atoms with Gasteiger partial charge < -0.3 is 14.4 Å². The molecule has 5 heteroatoms. The van der Waals surface area contributed by atoms with E-state index in [1.807, 2.05) is 43.3 Å². The Morgan fingerprint density at radius 3 is 2.59 bits per heavy atom. The maximum Gasteiger partial charge on any atom is 0.308 e. The van der Waals surface area contributed by atoms with Crippen LogP contribution in [0.3, 0.4) is 0 Å². The van der Waals surface area contributed by atoms with Gasteiger partial charge in [0.1, 0.15) is 5.58 Å². The Hall–Kier alpha value is -2.82. The summed E-state index contributed by atoms with van der Waals surface area (Å²) in [5.74, 6) is -0.604. The van der Waals surface area contributed by atoms with E-state index in [0.29, 0.717) is 18.2 Å². The topological polar surface area (TPSA) is 70.8 Å². The second-order valence-corrected chi connectivity index (χ2v) is 7.88. The first-order valence-electron chi connectivity index (χ1n) is 9.47. The summed E-state index contributed by atoms with van der Waals surface area (Å²) in [6, 6.07) is 12.0. The summed E-state index contributed by atoms with van der Waals surface area (Å²) in [4.78, 5) is 26.5. The number of aliphatic carboxylic acids is 1. The SMILES string of the molecule is Cc1c(C(=O)N2C[C@H](C(=O)O)[C@@H](C3CC3)C2)oc2c1ccc1ccccc12. The van der Waals surface area contributed by atoms with E-state index in [1.165, 1.54) is 0 Å². The van der Waals surface area contributed by atoms with E-state index in [4.69, 9.17) is 4.42 Å². The fraction of sp³-hybridized carbons (Fsp3) is 0.364. The summed E-state index contributed by atoms with van der Waals surface area (Å²) in [6.07, 6.45) is 2.15. The van der Waals surface area contributed by atoms with E-state index in [9.17, 15) is 14.7 Å². The van der Waals surface area contributed by atoms with E-state index in [0.717, 1.165) is 40.1 Å². The van der Waals surface area contributed by atoms with Gasteiger partial charge in [-0.2, -0.15) is 0 Å². The quantitative estimate of drug-likeness (QED) is 0.761. The van der Waals surface area contributed by atoms with Gasteiger partial charge in [-0.25, -0.2) is 0 Å². The summed E-state index contributed by atoms with van der Waals surface area (Å²) in [6.45, 7) is 2.68. The Balaban J connectivity index is 1.53. The van der Waals surface area contributed by atoms with Crippen molar-refractivity contribution < 1.29 is 19.1 Å². The second kappa shape index (κ2) is 5.84. The van der Waals surface area contributed by atoms with E-state index >= 15 is 0 Å². The average Bonchev–Trinajstić information content (AvgIpc) is 3.32. The number of likely N-dealkylation sites (tertiary alicyclic amines) is 1. The normalized spacial score (nSPS) is 22.6. The highest BCUT2D eigenvalue weighted by atomic mass is 16.4. The third-order valence-electron chi connectivity index (χ3n) is 6.22. The zero-order chi connectivity index (χ0) is 18.7. The first kappa shape index (κ1) is 16.4. The van der Waals surface area contributed by atoms with Crippen LogP contribution in [0.2, 0.25) is 0 Å². The summed E-state index contributed by atoms with van der Waals surface area (Å²) in [7, 11) is 0. The van der Waals surface area contributed by atoms with Crippen molar-refractivity contribution in [3.63, 3.8) is 0 Å². The predicted octanol–water partition coefficient (Wildman–Crippen LogP) is 4.08. The van der Waals surface area contributed by atoms with Gasteiger partial charge in [-0.1, -0.05) is 36.4 Å². The standard InChI is InChI=1S/C22H21NO4/c1-12-15-9-8-13-4-2-3-5-16(13)20(15)27-19(12)21(24)23-10-17(14-6-7-14)18(11-23)22(25)26/h2-5,8-9,14,17-18H,6-7,10-11H2,1H3,(H,25,26)/t17-,18+/m1/s1. The van der Waals surface area contributed by atoms with Crippen LogP contribution in [0.25, 0.3) is 21.7 Å². The van der Waals surface area contributed by atoms with Gasteiger partial charge in [0.2, 0.25) is 0 Å². The number of carbonyl (C=O) groups is 2. The van der Waals surface area contributed by atoms with Crippen molar-refractivity contribution in [2.24, 2.45) is 17.8 Å². The number of nitrogens with zero attached hydrogens (tertiary/aromatic N) is 1. The summed E-state index contributed by atoms with van der Waals surface area (Å²) in [5.41, 5.74) is 1.55. The molecule has 1 saturated heterocycles. The van der Waals surface area contributed by atoms with Crippen molar-refractivity contribution in [3.05, 3.63) is 47.7 Å². The predicted molar refractivity (Wildman–Crippen MR) is 102 cm³/mol. The molecular formula is C22H21NO4. The molecule has 3 aromatic rings. The molecule has 0 spiro atoms. The average molecular weight is 363 g/mol. The Bertz CT molecular complexity index is 1080. The minimum absolute atomic E-state index is 0.0666. The molecule has 5 rings (SSSR count). The minimum atomic E-state index is -0.797. The molecule has 0 bridgehead atoms. The van der Waals surface area contributed by atoms with Crippen LogP contribution in [-0.2, 0) is 4.79 Å². The lowest BCUT2D eigenvalue weighted by atomic mass is 9.92. The van der Waals surface area contributed by atoms with E-state index in [1.54, 1.807) is 4.90 Å². The third-order valence-corrected chi connectivity index (χ3v) is 6.22. The molecular weight excluding hydrogens is 342 g/mol. The summed E-state index contributed by atoms with van der Waals surface area (Å²) >= 11 is 0. The van der Waals surface area contributed by atoms with E-state index in [2.05, 4.69) is 0 Å². The molecule has 1 N–H and O–H groups in total. The van der Waals surface area contributed by atoms with E-state index in [-0.39, 0.29) is 18.4 Å². The first-order chi connectivity index (χ1) is 13.0. The first-order valence-corrected chi connectivity index (χ1v) is 9.47. The zero-order valence-corrected chi connectivity index (χ0v) is 15.1. The molecule has 2 aliphatic rings. The van der Waals surface area contributed by atoms with Crippen molar-refractivity contribution in [2.75, 3.05) is 13.1 Å². The number of hydrogen-bond acceptors (Lipinski definition) is 3. The van der Waals surface area contributed by atoms with Crippen molar-refractivity contribution in [1.29, 1.82) is 0 Å². The summed E-state index contributed by atoms with van der Waals surface area (Å²) < 4.78 is 6.05. The molecule has 5 nitrogen and oxygen atoms in total. The molecule has 2 heterocycles. The largest absolute Gasteiger partial charge is 0.481 e. The van der Waals surface area contributed by atoms with Gasteiger partial charge in [-0.3, -0.25) is 9.59 Å². The number of benzene rings is 2. The molecule has 2 fully saturated rings. The highest BCUT2D eigenvalue weighted by Gasteiger charge is 2.47. The van der Waals surface area contributed by atoms with Crippen LogP contribution in [0.5, 0.6) is 0 Å². The third kappa shape index (κ3) is 2.52. The molecule has 0 unspecified atom stereocenters. The van der Waals surface area contributed by atoms with Crippen LogP contribution in [0.15, 0.2) is 40.8 Å². The molecule has 2 aromatic carbocycles. The van der Waals surface area contributed by atoms with Gasteiger partial charge in [-0.15, -0.1) is 0 Å². The number of carboxylic acid groups (broad SMARTS) is 1. The van der Waals surface area contributed by atoms with Crippen LogP contribution in [0, 0.1) is 24.7 Å². The Morgan fingerprint density at radius 1 is 1.07 bits per heavy atom. The fourth-order valence-electron chi connectivity index (χ4n) is 4.55. The number of hydrogen-bond donors (Lipinski definition) is 1. The van der Waals surface area contributed by atoms with E-state index < -0.39 is 11.9 Å². The number of rotatable bonds is 3. The number of amides is 1. The maximum absolute atomic E-state index is 13.2. The molecule has 0 radical (unpaired) electrons. The highest BCUT2D eigenvalue weighted by Crippen LogP contribution is 2.44. The number of carbonyl (C=O) groups excluding carboxylic acids is 1. The van der Waals surface area contributed by atoms with Gasteiger partial charge in [0, 0.05) is 29.4 Å². The Kier molecular flexibility index (Phi) is 3.54. The lowest BCUT2D eigenvalue weighted by Crippen LogP contribution is -2.30. The molecule has 1 amide bonds. The van der Waals surface area contributed by atoms with Crippen LogP contribution in [0.1, 0.15) is 29.0 Å². The molecule has 1 aliphatic heterocycles. The maximum atomic E-state index is 13.2. The van der Waals surface area contributed by atoms with Crippen molar-refractivity contribution >= 4 is 33.6 Å². The smallest absolute Gasteiger partial charge is 0.308 e. The monoisotopic (exact) mass is 363 g/mol. The molecule has 138 valence electrons. The molecule has 27 heavy (non-hydrogen) atoms. The number of fused-ring (bicyclic) bond motifs is 3. The highest BCUT2D eigenvalue weighted by molar-refractivity contribution is 6.09. The number of aryl methyl sites for hydroxylation is 1. The number of carboxylic acids is 1. The lowest BCUT2D eigenvalue weighted by Gasteiger charge is -2.15. The molecule has 1 aliphatic carbocycles. The van der Waals surface area contributed by atoms with Crippen molar-refractivity contribution in [3.8, 4) is 0 Å². The van der Waals surface area contributed by atoms with Gasteiger partial charge in [-0.05, 0) is 37.0 Å². The summed E-state index contributed by atoms with van der Waals surface area (Å²) in [5, 5.41) is 12.5. The molecule has 1 aromatic heterocycles. The van der Waals surface area contributed by atoms with Gasteiger partial charge in [0.25, 0.3) is 5.91 Å². The lowest BCUT2D eigenvalue weighted by molar-refractivity contribution is -0.142. The fourth-order valence-corrected chi connectivity index (χ4v) is 4.55. The minimum Gasteiger partial charge on any atom is -0.481 e. The Labute approximate surface area is 156 Å². The zero-order valence-electron chi connectivity index (χ0n) is 15.1. The van der Waals surface area contributed by atoms with Crippen LogP contribution in [-0.4, -0.2) is 35.0 Å². The second-order valence-electron chi connectivity index (χ2n) is 7.88. The van der Waals surface area contributed by atoms with Crippen molar-refractivity contribution in [2.45, 2.75) is 19.8 Å². The van der Waals surface area contributed by atoms with Crippen LogP contribution < -0.4 is 0 Å². The van der Waals surface area contributed by atoms with Crippen molar-refractivity contribution in [1.82, 2.24) is 4.90 Å². The molecule has 1 saturated carbocycles. The van der Waals surface area contributed by atoms with Crippen LogP contribution in [0.4, 0.5) is 0 Å². The van der Waals surface area contributed by atoms with Gasteiger partial charge in [0.05, 0.1) is 5.92 Å². The van der Waals surface area contributed by atoms with Gasteiger partial charge >= 0.3 is 5.97 Å². The molecule has 2 atom stereocenters. The van der Waals surface area contributed by atoms with Crippen LogP contribution >= 0.6 is 0 Å². The number of furan rings is 1.